The molecule has 1 fully saturated rings. The summed E-state index contributed by atoms with van der Waals surface area (Å²) < 4.78 is 6.73. The van der Waals surface area contributed by atoms with E-state index in [1.54, 1.807) is 6.20 Å². The van der Waals surface area contributed by atoms with E-state index < -0.39 is 11.6 Å². The molecule has 5 rings (SSSR count). The molecule has 1 aliphatic carbocycles. The Morgan fingerprint density at radius 2 is 1.78 bits per heavy atom. The summed E-state index contributed by atoms with van der Waals surface area (Å²) in [7, 11) is 2.25. The van der Waals surface area contributed by atoms with Crippen molar-refractivity contribution in [3.63, 3.8) is 0 Å². The van der Waals surface area contributed by atoms with E-state index in [1.165, 1.54) is 5.56 Å². The number of hydrogen-bond donors (Lipinski definition) is 1. The third-order valence-electron chi connectivity index (χ3n) is 7.35. The first-order valence-electron chi connectivity index (χ1n) is 11.3. The van der Waals surface area contributed by atoms with Crippen molar-refractivity contribution in [3.05, 3.63) is 89.7 Å². The molecule has 0 bridgehead atoms. The first kappa shape index (κ1) is 20.9. The Labute approximate surface area is 188 Å². The molecule has 1 saturated heterocycles. The quantitative estimate of drug-likeness (QED) is 0.480. The summed E-state index contributed by atoms with van der Waals surface area (Å²) in [6.07, 6.45) is 6.79. The molecular weight excluding hydrogens is 400 g/mol. The van der Waals surface area contributed by atoms with Gasteiger partial charge in [-0.1, -0.05) is 54.6 Å². The molecule has 3 aromatic rings. The van der Waals surface area contributed by atoms with Gasteiger partial charge in [-0.2, -0.15) is 0 Å². The van der Waals surface area contributed by atoms with Crippen molar-refractivity contribution >= 4 is 5.97 Å². The van der Waals surface area contributed by atoms with Crippen molar-refractivity contribution < 1.29 is 19.1 Å². The van der Waals surface area contributed by atoms with Crippen LogP contribution in [-0.4, -0.2) is 53.3 Å². The van der Waals surface area contributed by atoms with Gasteiger partial charge in [-0.05, 0) is 22.8 Å². The standard InChI is InChI=1S/C27H29N2O3/c1-29(17-14-20-8-6-15-28-18-20)16-7-9-21(29)19-32-26(30)27(31)24-12-4-2-10-22(24)23-11-3-5-13-25(23)27/h2-6,8,10-13,15,18,21,31H,7,9,14,16-17,19H2,1H3/q+1/t21-,29?/m1/s1. The number of benzene rings is 2. The molecule has 2 heterocycles. The Kier molecular flexibility index (Phi) is 5.31. The first-order chi connectivity index (χ1) is 15.5. The lowest BCUT2D eigenvalue weighted by molar-refractivity contribution is -0.921. The third-order valence-corrected chi connectivity index (χ3v) is 7.35. The summed E-state index contributed by atoms with van der Waals surface area (Å²) >= 11 is 0. The third kappa shape index (κ3) is 3.42. The first-order valence-corrected chi connectivity index (χ1v) is 11.3. The number of aromatic nitrogens is 1. The fourth-order valence-electron chi connectivity index (χ4n) is 5.38. The maximum atomic E-state index is 13.4. The van der Waals surface area contributed by atoms with E-state index in [0.29, 0.717) is 17.7 Å². The summed E-state index contributed by atoms with van der Waals surface area (Å²) in [6.45, 7) is 2.36. The van der Waals surface area contributed by atoms with Crippen LogP contribution in [0.15, 0.2) is 73.1 Å². The van der Waals surface area contributed by atoms with E-state index in [2.05, 4.69) is 18.1 Å². The van der Waals surface area contributed by atoms with Crippen LogP contribution >= 0.6 is 0 Å². The number of quaternary nitrogens is 1. The van der Waals surface area contributed by atoms with Crippen molar-refractivity contribution in [1.29, 1.82) is 0 Å². The van der Waals surface area contributed by atoms with Crippen molar-refractivity contribution in [2.24, 2.45) is 0 Å². The molecule has 2 atom stereocenters. The molecule has 0 amide bonds. The molecule has 1 unspecified atom stereocenters. The van der Waals surface area contributed by atoms with Gasteiger partial charge in [-0.25, -0.2) is 4.79 Å². The van der Waals surface area contributed by atoms with E-state index in [9.17, 15) is 9.90 Å². The van der Waals surface area contributed by atoms with Gasteiger partial charge in [0.1, 0.15) is 12.6 Å². The Morgan fingerprint density at radius 3 is 2.44 bits per heavy atom. The van der Waals surface area contributed by atoms with Crippen molar-refractivity contribution in [1.82, 2.24) is 4.98 Å². The Balaban J connectivity index is 1.32. The second kappa shape index (κ2) is 8.15. The second-order valence-electron chi connectivity index (χ2n) is 9.23. The maximum Gasteiger partial charge on any atom is 0.347 e. The Bertz CT molecular complexity index is 1090. The number of hydrogen-bond acceptors (Lipinski definition) is 4. The molecule has 5 heteroatoms. The zero-order valence-electron chi connectivity index (χ0n) is 18.4. The van der Waals surface area contributed by atoms with Crippen LogP contribution in [-0.2, 0) is 21.6 Å². The van der Waals surface area contributed by atoms with Gasteiger partial charge < -0.3 is 14.3 Å². The number of aliphatic hydroxyl groups is 1. The summed E-state index contributed by atoms with van der Waals surface area (Å²) in [5, 5.41) is 11.6. The highest BCUT2D eigenvalue weighted by Gasteiger charge is 2.50. The van der Waals surface area contributed by atoms with Crippen molar-refractivity contribution in [3.8, 4) is 11.1 Å². The highest BCUT2D eigenvalue weighted by molar-refractivity contribution is 5.96. The number of esters is 1. The number of ether oxygens (including phenoxy) is 1. The van der Waals surface area contributed by atoms with Crippen LogP contribution in [0.4, 0.5) is 0 Å². The lowest BCUT2D eigenvalue weighted by Gasteiger charge is -2.36. The van der Waals surface area contributed by atoms with Crippen molar-refractivity contribution in [2.75, 3.05) is 26.7 Å². The number of carbonyl (C=O) groups excluding carboxylic acids is 1. The van der Waals surface area contributed by atoms with Gasteiger partial charge in [0.05, 0.1) is 20.1 Å². The molecule has 1 aliphatic heterocycles. The molecule has 1 N–H and O–H groups in total. The van der Waals surface area contributed by atoms with Crippen molar-refractivity contribution in [2.45, 2.75) is 30.9 Å². The molecule has 164 valence electrons. The molecule has 32 heavy (non-hydrogen) atoms. The van der Waals surface area contributed by atoms with Gasteiger partial charge in [-0.3, -0.25) is 4.98 Å². The maximum absolute atomic E-state index is 13.4. The number of likely N-dealkylation sites (tertiary alicyclic amines) is 1. The van der Waals surface area contributed by atoms with Gasteiger partial charge in [0.2, 0.25) is 5.60 Å². The lowest BCUT2D eigenvalue weighted by atomic mass is 9.91. The van der Waals surface area contributed by atoms with Crippen LogP contribution in [0.1, 0.15) is 29.5 Å². The lowest BCUT2D eigenvalue weighted by Crippen LogP contribution is -2.52. The van der Waals surface area contributed by atoms with Crippen LogP contribution in [0, 0.1) is 0 Å². The number of carbonyl (C=O) groups is 1. The van der Waals surface area contributed by atoms with Crippen LogP contribution < -0.4 is 0 Å². The normalized spacial score (nSPS) is 22.9. The number of likely N-dealkylation sites (N-methyl/N-ethyl adjacent to an activating group) is 1. The van der Waals surface area contributed by atoms with Gasteiger partial charge in [0.25, 0.3) is 0 Å². The van der Waals surface area contributed by atoms with Crippen LogP contribution in [0.25, 0.3) is 11.1 Å². The van der Waals surface area contributed by atoms with E-state index in [-0.39, 0.29) is 6.04 Å². The molecule has 0 radical (unpaired) electrons. The summed E-state index contributed by atoms with van der Waals surface area (Å²) in [5.74, 6) is -0.583. The van der Waals surface area contributed by atoms with E-state index >= 15 is 0 Å². The monoisotopic (exact) mass is 429 g/mol. The molecule has 2 aromatic carbocycles. The predicted octanol–water partition coefficient (Wildman–Crippen LogP) is 3.69. The number of nitrogens with zero attached hydrogens (tertiary/aromatic N) is 2. The minimum atomic E-state index is -1.76. The number of rotatable bonds is 6. The molecule has 0 spiro atoms. The highest BCUT2D eigenvalue weighted by atomic mass is 16.6. The molecule has 0 saturated carbocycles. The molecule has 2 aliphatic rings. The number of fused-ring (bicyclic) bond motifs is 3. The molecule has 1 aromatic heterocycles. The predicted molar refractivity (Wildman–Crippen MR) is 123 cm³/mol. The number of pyridine rings is 1. The summed E-state index contributed by atoms with van der Waals surface area (Å²) in [5.41, 5.74) is 2.45. The minimum Gasteiger partial charge on any atom is -0.457 e. The van der Waals surface area contributed by atoms with E-state index in [0.717, 1.165) is 48.0 Å². The SMILES string of the molecule is C[N+]1(CCc2cccnc2)CCC[C@@H]1COC(=O)C1(O)c2ccccc2-c2ccccc21. The highest BCUT2D eigenvalue weighted by Crippen LogP contribution is 2.48. The average molecular weight is 430 g/mol. The van der Waals surface area contributed by atoms with E-state index in [4.69, 9.17) is 4.74 Å². The topological polar surface area (TPSA) is 59.4 Å². The van der Waals surface area contributed by atoms with Crippen LogP contribution in [0.2, 0.25) is 0 Å². The van der Waals surface area contributed by atoms with Gasteiger partial charge in [-0.15, -0.1) is 0 Å². The minimum absolute atomic E-state index is 0.228. The zero-order valence-corrected chi connectivity index (χ0v) is 18.4. The van der Waals surface area contributed by atoms with E-state index in [1.807, 2.05) is 60.8 Å². The molecular formula is C27H29N2O3+. The Morgan fingerprint density at radius 1 is 1.09 bits per heavy atom. The zero-order chi connectivity index (χ0) is 22.2. The summed E-state index contributed by atoms with van der Waals surface area (Å²) in [4.78, 5) is 17.6. The molecule has 5 nitrogen and oxygen atoms in total. The van der Waals surface area contributed by atoms with Gasteiger partial charge in [0.15, 0.2) is 0 Å². The summed E-state index contributed by atoms with van der Waals surface area (Å²) in [6, 6.07) is 19.4. The fourth-order valence-corrected chi connectivity index (χ4v) is 5.38. The fraction of sp³-hybridized carbons (Fsp3) is 0.333. The second-order valence-corrected chi connectivity index (χ2v) is 9.23. The average Bonchev–Trinajstić information content (AvgIpc) is 3.33. The van der Waals surface area contributed by atoms with Crippen LogP contribution in [0.5, 0.6) is 0 Å². The largest absolute Gasteiger partial charge is 0.457 e. The smallest absolute Gasteiger partial charge is 0.347 e. The Hall–Kier alpha value is -3.02. The van der Waals surface area contributed by atoms with Gasteiger partial charge in [0, 0.05) is 42.8 Å². The van der Waals surface area contributed by atoms with Crippen LogP contribution in [0.3, 0.4) is 0 Å². The van der Waals surface area contributed by atoms with Gasteiger partial charge >= 0.3 is 5.97 Å².